The van der Waals surface area contributed by atoms with Gasteiger partial charge in [-0.25, -0.2) is 0 Å². The highest BCUT2D eigenvalue weighted by Gasteiger charge is 2.26. The van der Waals surface area contributed by atoms with Crippen LogP contribution in [0.15, 0.2) is 72.8 Å². The molecule has 0 fully saturated rings. The van der Waals surface area contributed by atoms with E-state index in [0.29, 0.717) is 22.7 Å². The number of hydrogen-bond acceptors (Lipinski definition) is 4. The zero-order valence-electron chi connectivity index (χ0n) is 15.3. The van der Waals surface area contributed by atoms with Gasteiger partial charge in [0.25, 0.3) is 0 Å². The van der Waals surface area contributed by atoms with E-state index < -0.39 is 5.92 Å². The van der Waals surface area contributed by atoms with Crippen molar-refractivity contribution in [2.45, 2.75) is 12.8 Å². The molecule has 3 aromatic carbocycles. The average molecular weight is 373 g/mol. The molecule has 5 heteroatoms. The number of carbonyl (C=O) groups excluding carboxylic acids is 2. The van der Waals surface area contributed by atoms with Crippen molar-refractivity contribution in [1.82, 2.24) is 0 Å². The van der Waals surface area contributed by atoms with E-state index >= 15 is 0 Å². The van der Waals surface area contributed by atoms with Crippen molar-refractivity contribution in [3.63, 3.8) is 0 Å². The topological polar surface area (TPSA) is 64.6 Å². The normalized spacial score (nSPS) is 12.1. The molecule has 0 saturated carbocycles. The monoisotopic (exact) mass is 373 g/mol. The molecule has 1 N–H and O–H groups in total. The predicted octanol–water partition coefficient (Wildman–Crippen LogP) is 4.39. The Balaban J connectivity index is 1.72. The van der Waals surface area contributed by atoms with Gasteiger partial charge in [-0.15, -0.1) is 0 Å². The summed E-state index contributed by atoms with van der Waals surface area (Å²) in [6.45, 7) is 1.56. The molecule has 5 nitrogen and oxygen atoms in total. The lowest BCUT2D eigenvalue weighted by Crippen LogP contribution is -2.23. The predicted molar refractivity (Wildman–Crippen MR) is 106 cm³/mol. The Morgan fingerprint density at radius 1 is 0.857 bits per heavy atom. The maximum absolute atomic E-state index is 13.3. The number of hydrogen-bond donors (Lipinski definition) is 1. The highest BCUT2D eigenvalue weighted by Crippen LogP contribution is 2.38. The molecule has 1 aliphatic heterocycles. The number of amides is 1. The van der Waals surface area contributed by atoms with Crippen molar-refractivity contribution in [1.29, 1.82) is 0 Å². The first-order chi connectivity index (χ1) is 13.6. The van der Waals surface area contributed by atoms with Gasteiger partial charge in [0.1, 0.15) is 0 Å². The van der Waals surface area contributed by atoms with E-state index in [4.69, 9.17) is 9.47 Å². The summed E-state index contributed by atoms with van der Waals surface area (Å²) in [6, 6.07) is 22.4. The summed E-state index contributed by atoms with van der Waals surface area (Å²) in [5, 5.41) is 2.92. The van der Waals surface area contributed by atoms with Gasteiger partial charge < -0.3 is 14.8 Å². The van der Waals surface area contributed by atoms with Crippen LogP contribution in [0.1, 0.15) is 34.3 Å². The van der Waals surface area contributed by atoms with Crippen LogP contribution in [0.4, 0.5) is 5.69 Å². The first-order valence-electron chi connectivity index (χ1n) is 8.99. The molecule has 0 aromatic heterocycles. The van der Waals surface area contributed by atoms with E-state index in [9.17, 15) is 9.59 Å². The minimum atomic E-state index is -0.507. The van der Waals surface area contributed by atoms with Gasteiger partial charge in [0.15, 0.2) is 17.3 Å². The Kier molecular flexibility index (Phi) is 4.81. The minimum Gasteiger partial charge on any atom is -0.454 e. The lowest BCUT2D eigenvalue weighted by molar-refractivity contribution is -0.116. The van der Waals surface area contributed by atoms with Gasteiger partial charge >= 0.3 is 0 Å². The molecule has 28 heavy (non-hydrogen) atoms. The van der Waals surface area contributed by atoms with Crippen LogP contribution in [-0.4, -0.2) is 18.5 Å². The molecule has 1 heterocycles. The Hall–Kier alpha value is -3.60. The molecule has 3 aromatic rings. The van der Waals surface area contributed by atoms with Gasteiger partial charge in [0.2, 0.25) is 12.7 Å². The van der Waals surface area contributed by atoms with Crippen molar-refractivity contribution in [3.8, 4) is 11.5 Å². The number of Topliss-reactive ketones (excluding diaryl/α,β-unsaturated/α-hetero) is 1. The highest BCUT2D eigenvalue weighted by atomic mass is 16.7. The molecule has 4 rings (SSSR count). The van der Waals surface area contributed by atoms with Crippen LogP contribution in [0.3, 0.4) is 0 Å². The summed E-state index contributed by atoms with van der Waals surface area (Å²) in [5.41, 5.74) is 2.55. The molecule has 0 radical (unpaired) electrons. The second-order valence-corrected chi connectivity index (χ2v) is 6.55. The Morgan fingerprint density at radius 2 is 1.39 bits per heavy atom. The molecule has 0 unspecified atom stereocenters. The van der Waals surface area contributed by atoms with Gasteiger partial charge in [0.05, 0.1) is 11.6 Å². The van der Waals surface area contributed by atoms with Crippen molar-refractivity contribution in [2.24, 2.45) is 0 Å². The largest absolute Gasteiger partial charge is 0.454 e. The number of ether oxygens (including phenoxy) is 2. The summed E-state index contributed by atoms with van der Waals surface area (Å²) >= 11 is 0. The second kappa shape index (κ2) is 7.56. The maximum atomic E-state index is 13.3. The fourth-order valence-electron chi connectivity index (χ4n) is 3.33. The summed E-state index contributed by atoms with van der Waals surface area (Å²) in [7, 11) is 0. The SMILES string of the molecule is CC(=O)c1cc2c(cc1NC(=O)C(c1ccccc1)c1ccccc1)OCO2. The lowest BCUT2D eigenvalue weighted by atomic mass is 9.90. The molecular weight excluding hydrogens is 354 g/mol. The summed E-state index contributed by atoms with van der Waals surface area (Å²) in [6.07, 6.45) is 0. The highest BCUT2D eigenvalue weighted by molar-refractivity contribution is 6.06. The van der Waals surface area contributed by atoms with Crippen LogP contribution in [-0.2, 0) is 4.79 Å². The molecule has 0 spiro atoms. The third kappa shape index (κ3) is 3.47. The van der Waals surface area contributed by atoms with Gasteiger partial charge in [0, 0.05) is 11.6 Å². The quantitative estimate of drug-likeness (QED) is 0.674. The smallest absolute Gasteiger partial charge is 0.236 e. The van der Waals surface area contributed by atoms with Gasteiger partial charge in [-0.3, -0.25) is 9.59 Å². The van der Waals surface area contributed by atoms with Crippen LogP contribution in [0.5, 0.6) is 11.5 Å². The maximum Gasteiger partial charge on any atom is 0.236 e. The Labute approximate surface area is 162 Å². The Morgan fingerprint density at radius 3 is 1.93 bits per heavy atom. The van der Waals surface area contributed by atoms with E-state index in [0.717, 1.165) is 11.1 Å². The van der Waals surface area contributed by atoms with E-state index in [-0.39, 0.29) is 18.5 Å². The Bertz CT molecular complexity index is 976. The number of benzene rings is 3. The van der Waals surface area contributed by atoms with Crippen LogP contribution in [0, 0.1) is 0 Å². The fraction of sp³-hybridized carbons (Fsp3) is 0.130. The molecule has 0 atom stereocenters. The third-order valence-electron chi connectivity index (χ3n) is 4.68. The molecule has 1 aliphatic rings. The van der Waals surface area contributed by atoms with Crippen molar-refractivity contribution < 1.29 is 19.1 Å². The third-order valence-corrected chi connectivity index (χ3v) is 4.68. The molecule has 0 saturated heterocycles. The number of carbonyl (C=O) groups is 2. The first kappa shape index (κ1) is 17.8. The molecular formula is C23H19NO4. The number of rotatable bonds is 5. The number of ketones is 1. The van der Waals surface area contributed by atoms with E-state index in [1.807, 2.05) is 60.7 Å². The lowest BCUT2D eigenvalue weighted by Gasteiger charge is -2.19. The van der Waals surface area contributed by atoms with Gasteiger partial charge in [-0.1, -0.05) is 60.7 Å². The second-order valence-electron chi connectivity index (χ2n) is 6.55. The molecule has 140 valence electrons. The zero-order valence-corrected chi connectivity index (χ0v) is 15.3. The fourth-order valence-corrected chi connectivity index (χ4v) is 3.33. The van der Waals surface area contributed by atoms with Crippen LogP contribution >= 0.6 is 0 Å². The first-order valence-corrected chi connectivity index (χ1v) is 8.99. The van der Waals surface area contributed by atoms with Crippen LogP contribution in [0.25, 0.3) is 0 Å². The van der Waals surface area contributed by atoms with Gasteiger partial charge in [-0.05, 0) is 24.1 Å². The van der Waals surface area contributed by atoms with E-state index in [2.05, 4.69) is 5.32 Å². The van der Waals surface area contributed by atoms with Crippen molar-refractivity contribution in [3.05, 3.63) is 89.5 Å². The molecule has 0 aliphatic carbocycles. The average Bonchev–Trinajstić information content (AvgIpc) is 3.16. The van der Waals surface area contributed by atoms with Crippen molar-refractivity contribution >= 4 is 17.4 Å². The van der Waals surface area contributed by atoms with E-state index in [1.165, 1.54) is 6.92 Å². The summed E-state index contributed by atoms with van der Waals surface area (Å²) in [5.74, 6) is 0.123. The minimum absolute atomic E-state index is 0.0979. The zero-order chi connectivity index (χ0) is 19.5. The number of anilines is 1. The summed E-state index contributed by atoms with van der Waals surface area (Å²) < 4.78 is 10.7. The van der Waals surface area contributed by atoms with E-state index in [1.54, 1.807) is 12.1 Å². The number of nitrogens with one attached hydrogen (secondary N) is 1. The van der Waals surface area contributed by atoms with Crippen LogP contribution < -0.4 is 14.8 Å². The number of fused-ring (bicyclic) bond motifs is 1. The summed E-state index contributed by atoms with van der Waals surface area (Å²) in [4.78, 5) is 25.4. The molecule has 0 bridgehead atoms. The van der Waals surface area contributed by atoms with Crippen molar-refractivity contribution in [2.75, 3.05) is 12.1 Å². The molecule has 1 amide bonds. The standard InChI is InChI=1S/C23H19NO4/c1-15(25)18-12-20-21(28-14-27-20)13-19(18)24-23(26)22(16-8-4-2-5-9-16)17-10-6-3-7-11-17/h2-13,22H,14H2,1H3,(H,24,26). The van der Waals surface area contributed by atoms with Crippen LogP contribution in [0.2, 0.25) is 0 Å². The van der Waals surface area contributed by atoms with Gasteiger partial charge in [-0.2, -0.15) is 0 Å².